The van der Waals surface area contributed by atoms with Crippen molar-refractivity contribution in [2.75, 3.05) is 20.1 Å². The second kappa shape index (κ2) is 3.74. The summed E-state index contributed by atoms with van der Waals surface area (Å²) in [5, 5.41) is 0. The van der Waals surface area contributed by atoms with Gasteiger partial charge in [0.05, 0.1) is 6.04 Å². The second-order valence-corrected chi connectivity index (χ2v) is 5.79. The molecule has 0 bridgehead atoms. The van der Waals surface area contributed by atoms with Crippen LogP contribution in [0.1, 0.15) is 32.4 Å². The van der Waals surface area contributed by atoms with Crippen molar-refractivity contribution in [3.8, 4) is 0 Å². The molecule has 2 heterocycles. The molecule has 2 rings (SSSR count). The lowest BCUT2D eigenvalue weighted by molar-refractivity contribution is 0.137. The molecule has 1 aromatic rings. The Morgan fingerprint density at radius 2 is 1.94 bits per heavy atom. The van der Waals surface area contributed by atoms with Gasteiger partial charge in [-0.3, -0.25) is 4.79 Å². The predicted molar refractivity (Wildman–Crippen MR) is 65.9 cm³/mol. The summed E-state index contributed by atoms with van der Waals surface area (Å²) >= 11 is 0. The Morgan fingerprint density at radius 3 is 2.38 bits per heavy atom. The fourth-order valence-corrected chi connectivity index (χ4v) is 2.10. The minimum absolute atomic E-state index is 0.0503. The van der Waals surface area contributed by atoms with Crippen molar-refractivity contribution in [1.29, 1.82) is 0 Å². The monoisotopic (exact) mass is 220 g/mol. The van der Waals surface area contributed by atoms with E-state index in [1.54, 1.807) is 6.07 Å². The molecule has 0 N–H and O–H groups in total. The summed E-state index contributed by atoms with van der Waals surface area (Å²) in [5.74, 6) is 0. The van der Waals surface area contributed by atoms with Crippen molar-refractivity contribution in [3.63, 3.8) is 0 Å². The molecule has 0 aliphatic carbocycles. The van der Waals surface area contributed by atoms with Crippen LogP contribution in [-0.4, -0.2) is 29.6 Å². The maximum atomic E-state index is 12.0. The van der Waals surface area contributed by atoms with E-state index in [-0.39, 0.29) is 11.0 Å². The second-order valence-electron chi connectivity index (χ2n) is 5.79. The molecule has 0 amide bonds. The first-order valence-corrected chi connectivity index (χ1v) is 5.79. The highest BCUT2D eigenvalue weighted by atomic mass is 16.1. The lowest BCUT2D eigenvalue weighted by atomic mass is 9.88. The van der Waals surface area contributed by atoms with E-state index in [1.807, 2.05) is 10.8 Å². The number of pyridine rings is 1. The maximum absolute atomic E-state index is 12.0. The van der Waals surface area contributed by atoms with Crippen molar-refractivity contribution in [1.82, 2.24) is 9.47 Å². The first kappa shape index (κ1) is 11.4. The molecule has 0 unspecified atom stereocenters. The van der Waals surface area contributed by atoms with Gasteiger partial charge in [0.25, 0.3) is 5.56 Å². The molecule has 3 nitrogen and oxygen atoms in total. The lowest BCUT2D eigenvalue weighted by Crippen LogP contribution is -2.47. The molecule has 16 heavy (non-hydrogen) atoms. The molecule has 1 aliphatic rings. The summed E-state index contributed by atoms with van der Waals surface area (Å²) in [4.78, 5) is 14.2. The van der Waals surface area contributed by atoms with E-state index in [2.05, 4.69) is 38.8 Å². The van der Waals surface area contributed by atoms with E-state index < -0.39 is 0 Å². The molecule has 0 atom stereocenters. The van der Waals surface area contributed by atoms with Crippen molar-refractivity contribution >= 4 is 0 Å². The fraction of sp³-hybridized carbons (Fsp3) is 0.615. The van der Waals surface area contributed by atoms with Gasteiger partial charge in [-0.15, -0.1) is 0 Å². The Morgan fingerprint density at radius 1 is 1.31 bits per heavy atom. The van der Waals surface area contributed by atoms with E-state index in [9.17, 15) is 4.79 Å². The SMILES string of the molecule is CN1CC(n2ccc(C(C)(C)C)cc2=O)C1. The molecule has 1 saturated heterocycles. The van der Waals surface area contributed by atoms with Crippen molar-refractivity contribution < 1.29 is 0 Å². The van der Waals surface area contributed by atoms with Gasteiger partial charge in [-0.1, -0.05) is 20.8 Å². The molecule has 3 heteroatoms. The number of rotatable bonds is 1. The Bertz CT molecular complexity index is 436. The number of nitrogens with zero attached hydrogens (tertiary/aromatic N) is 2. The van der Waals surface area contributed by atoms with Crippen LogP contribution >= 0.6 is 0 Å². The predicted octanol–water partition coefficient (Wildman–Crippen LogP) is 1.63. The normalized spacial score (nSPS) is 18.5. The largest absolute Gasteiger partial charge is 0.310 e. The molecule has 1 fully saturated rings. The number of hydrogen-bond donors (Lipinski definition) is 0. The zero-order valence-electron chi connectivity index (χ0n) is 10.5. The summed E-state index contributed by atoms with van der Waals surface area (Å²) in [5.41, 5.74) is 1.29. The summed E-state index contributed by atoms with van der Waals surface area (Å²) in [7, 11) is 2.07. The van der Waals surface area contributed by atoms with Crippen LogP contribution in [0.25, 0.3) is 0 Å². The van der Waals surface area contributed by atoms with E-state index in [0.717, 1.165) is 18.7 Å². The van der Waals surface area contributed by atoms with Gasteiger partial charge >= 0.3 is 0 Å². The van der Waals surface area contributed by atoms with Gasteiger partial charge < -0.3 is 9.47 Å². The molecule has 0 radical (unpaired) electrons. The number of hydrogen-bond acceptors (Lipinski definition) is 2. The number of aromatic nitrogens is 1. The first-order valence-electron chi connectivity index (χ1n) is 5.79. The van der Waals surface area contributed by atoms with Gasteiger partial charge in [0, 0.05) is 25.4 Å². The Kier molecular flexibility index (Phi) is 2.66. The standard InChI is InChI=1S/C13H20N2O/c1-13(2,3)10-5-6-15(12(16)7-10)11-8-14(4)9-11/h5-7,11H,8-9H2,1-4H3. The lowest BCUT2D eigenvalue weighted by Gasteiger charge is -2.37. The third kappa shape index (κ3) is 2.05. The molecule has 1 aromatic heterocycles. The van der Waals surface area contributed by atoms with Gasteiger partial charge in [0.15, 0.2) is 0 Å². The fourth-order valence-electron chi connectivity index (χ4n) is 2.10. The van der Waals surface area contributed by atoms with Gasteiger partial charge in [0.2, 0.25) is 0 Å². The highest BCUT2D eigenvalue weighted by Crippen LogP contribution is 2.22. The number of likely N-dealkylation sites (tertiary alicyclic amines) is 1. The third-order valence-electron chi connectivity index (χ3n) is 3.25. The van der Waals surface area contributed by atoms with E-state index in [0.29, 0.717) is 6.04 Å². The Hall–Kier alpha value is -1.09. The van der Waals surface area contributed by atoms with Crippen LogP contribution in [0.5, 0.6) is 0 Å². The van der Waals surface area contributed by atoms with Crippen LogP contribution in [0.15, 0.2) is 23.1 Å². The van der Waals surface area contributed by atoms with E-state index in [4.69, 9.17) is 0 Å². The van der Waals surface area contributed by atoms with Crippen LogP contribution < -0.4 is 5.56 Å². The van der Waals surface area contributed by atoms with Crippen LogP contribution in [0.3, 0.4) is 0 Å². The topological polar surface area (TPSA) is 25.2 Å². The van der Waals surface area contributed by atoms with Gasteiger partial charge in [-0.05, 0) is 24.1 Å². The average Bonchev–Trinajstić information content (AvgIpc) is 2.12. The molecular formula is C13H20N2O. The number of likely N-dealkylation sites (N-methyl/N-ethyl adjacent to an activating group) is 1. The van der Waals surface area contributed by atoms with Gasteiger partial charge in [-0.2, -0.15) is 0 Å². The van der Waals surface area contributed by atoms with E-state index in [1.165, 1.54) is 0 Å². The molecule has 1 aliphatic heterocycles. The summed E-state index contributed by atoms with van der Waals surface area (Å²) in [6, 6.07) is 4.21. The average molecular weight is 220 g/mol. The molecule has 0 spiro atoms. The maximum Gasteiger partial charge on any atom is 0.251 e. The van der Waals surface area contributed by atoms with E-state index >= 15 is 0 Å². The van der Waals surface area contributed by atoms with Gasteiger partial charge in [0.1, 0.15) is 0 Å². The van der Waals surface area contributed by atoms with Gasteiger partial charge in [-0.25, -0.2) is 0 Å². The summed E-state index contributed by atoms with van der Waals surface area (Å²) in [6.07, 6.45) is 1.95. The quantitative estimate of drug-likeness (QED) is 0.719. The third-order valence-corrected chi connectivity index (χ3v) is 3.25. The first-order chi connectivity index (χ1) is 7.38. The highest BCUT2D eigenvalue weighted by molar-refractivity contribution is 5.20. The zero-order valence-corrected chi connectivity index (χ0v) is 10.5. The summed E-state index contributed by atoms with van der Waals surface area (Å²) in [6.45, 7) is 8.35. The molecule has 0 aromatic carbocycles. The van der Waals surface area contributed by atoms with Crippen LogP contribution in [0, 0.1) is 0 Å². The molecular weight excluding hydrogens is 200 g/mol. The summed E-state index contributed by atoms with van der Waals surface area (Å²) < 4.78 is 1.86. The smallest absolute Gasteiger partial charge is 0.251 e. The Labute approximate surface area is 96.7 Å². The van der Waals surface area contributed by atoms with Crippen molar-refractivity contribution in [3.05, 3.63) is 34.2 Å². The minimum atomic E-state index is 0.0503. The molecule has 0 saturated carbocycles. The zero-order chi connectivity index (χ0) is 11.9. The van der Waals surface area contributed by atoms with Crippen LogP contribution in [0.4, 0.5) is 0 Å². The molecule has 88 valence electrons. The van der Waals surface area contributed by atoms with Crippen molar-refractivity contribution in [2.24, 2.45) is 0 Å². The minimum Gasteiger partial charge on any atom is -0.310 e. The van der Waals surface area contributed by atoms with Crippen molar-refractivity contribution in [2.45, 2.75) is 32.2 Å². The van der Waals surface area contributed by atoms with Crippen LogP contribution in [0.2, 0.25) is 0 Å². The highest BCUT2D eigenvalue weighted by Gasteiger charge is 2.25. The Balaban J connectivity index is 2.28. The van der Waals surface area contributed by atoms with Crippen LogP contribution in [-0.2, 0) is 5.41 Å².